The number of amides is 5. The first-order valence-corrected chi connectivity index (χ1v) is 12.5. The first kappa shape index (κ1) is 26.8. The molecular weight excluding hydrogens is 488 g/mol. The average molecular weight is 521 g/mol. The second-order valence-corrected chi connectivity index (χ2v) is 10.5. The van der Waals surface area contributed by atoms with E-state index in [1.807, 2.05) is 45.0 Å². The van der Waals surface area contributed by atoms with Gasteiger partial charge in [0.05, 0.1) is 11.1 Å². The monoisotopic (exact) mass is 520 g/mol. The van der Waals surface area contributed by atoms with Gasteiger partial charge in [0.15, 0.2) is 0 Å². The zero-order chi connectivity index (χ0) is 27.6. The fourth-order valence-corrected chi connectivity index (χ4v) is 4.41. The number of carbonyl (C=O) groups is 5. The second-order valence-electron chi connectivity index (χ2n) is 10.5. The molecule has 10 nitrogen and oxygen atoms in total. The molecule has 2 heterocycles. The van der Waals surface area contributed by atoms with Gasteiger partial charge in [-0.3, -0.25) is 29.4 Å². The summed E-state index contributed by atoms with van der Waals surface area (Å²) < 4.78 is 5.37. The van der Waals surface area contributed by atoms with Crippen molar-refractivity contribution in [3.05, 3.63) is 64.7 Å². The van der Waals surface area contributed by atoms with Crippen LogP contribution in [-0.4, -0.2) is 64.8 Å². The highest BCUT2D eigenvalue weighted by molar-refractivity contribution is 6.25. The van der Waals surface area contributed by atoms with Gasteiger partial charge in [-0.15, -0.1) is 0 Å². The molecular formula is C28H32N4O6. The van der Waals surface area contributed by atoms with Crippen LogP contribution in [0.15, 0.2) is 42.5 Å². The van der Waals surface area contributed by atoms with Crippen molar-refractivity contribution in [2.75, 3.05) is 18.9 Å². The van der Waals surface area contributed by atoms with Crippen LogP contribution in [0.2, 0.25) is 0 Å². The third-order valence-electron chi connectivity index (χ3n) is 6.42. The number of nitrogens with one attached hydrogen (secondary N) is 2. The number of ether oxygens (including phenoxy) is 1. The van der Waals surface area contributed by atoms with E-state index in [-0.39, 0.29) is 30.1 Å². The van der Waals surface area contributed by atoms with E-state index in [2.05, 4.69) is 10.6 Å². The number of fused-ring (bicyclic) bond motifs is 1. The number of hydrogen-bond acceptors (Lipinski definition) is 7. The minimum atomic E-state index is -1.00. The molecule has 10 heteroatoms. The number of rotatable bonds is 7. The van der Waals surface area contributed by atoms with Gasteiger partial charge in [0.1, 0.15) is 11.6 Å². The fourth-order valence-electron chi connectivity index (χ4n) is 4.41. The minimum Gasteiger partial charge on any atom is -0.444 e. The number of nitrogens with zero attached hydrogens (tertiary/aromatic N) is 2. The maximum absolute atomic E-state index is 13.2. The first-order chi connectivity index (χ1) is 17.9. The molecule has 2 aliphatic rings. The summed E-state index contributed by atoms with van der Waals surface area (Å²) >= 11 is 0. The van der Waals surface area contributed by atoms with Crippen LogP contribution in [-0.2, 0) is 27.3 Å². The Kier molecular flexibility index (Phi) is 7.52. The quantitative estimate of drug-likeness (QED) is 0.538. The Bertz CT molecular complexity index is 1280. The topological polar surface area (TPSA) is 125 Å². The van der Waals surface area contributed by atoms with Gasteiger partial charge in [-0.2, -0.15) is 0 Å². The highest BCUT2D eigenvalue weighted by Gasteiger charge is 2.45. The van der Waals surface area contributed by atoms with Crippen LogP contribution in [0.3, 0.4) is 0 Å². The van der Waals surface area contributed by atoms with E-state index < -0.39 is 35.3 Å². The van der Waals surface area contributed by atoms with Gasteiger partial charge in [0.25, 0.3) is 11.8 Å². The van der Waals surface area contributed by atoms with E-state index >= 15 is 0 Å². The standard InChI is InChI=1S/C28H32N4O6/c1-28(2,3)38-27(37)31(4)15-14-17-8-10-18(11-9-17)16-29-20-7-5-6-19-23(20)26(36)32(25(19)35)21-12-13-22(33)30-24(21)34/h5-11,21,29H,12-16H2,1-4H3,(H,30,33,34). The van der Waals surface area contributed by atoms with Crippen molar-refractivity contribution >= 4 is 35.4 Å². The lowest BCUT2D eigenvalue weighted by molar-refractivity contribution is -0.136. The number of hydrogen-bond donors (Lipinski definition) is 2. The minimum absolute atomic E-state index is 0.0716. The average Bonchev–Trinajstić information content (AvgIpc) is 3.11. The van der Waals surface area contributed by atoms with E-state index in [9.17, 15) is 24.0 Å². The van der Waals surface area contributed by atoms with E-state index in [0.29, 0.717) is 25.2 Å². The SMILES string of the molecule is CN(CCc1ccc(CNc2cccc3c2C(=O)N(C2CCC(=O)NC2=O)C3=O)cc1)C(=O)OC(C)(C)C. The molecule has 4 rings (SSSR count). The molecule has 200 valence electrons. The molecule has 2 aromatic rings. The molecule has 0 saturated carbocycles. The molecule has 0 aliphatic carbocycles. The van der Waals surface area contributed by atoms with Crippen LogP contribution in [0, 0.1) is 0 Å². The summed E-state index contributed by atoms with van der Waals surface area (Å²) in [7, 11) is 1.71. The van der Waals surface area contributed by atoms with Crippen LogP contribution >= 0.6 is 0 Å². The van der Waals surface area contributed by atoms with Gasteiger partial charge in [-0.25, -0.2) is 4.79 Å². The van der Waals surface area contributed by atoms with Crippen molar-refractivity contribution in [2.45, 2.75) is 58.2 Å². The number of anilines is 1. The molecule has 0 spiro atoms. The maximum atomic E-state index is 13.2. The van der Waals surface area contributed by atoms with Gasteiger partial charge in [-0.1, -0.05) is 30.3 Å². The zero-order valence-corrected chi connectivity index (χ0v) is 22.0. The van der Waals surface area contributed by atoms with E-state index in [1.54, 1.807) is 30.1 Å². The Labute approximate surface area is 221 Å². The molecule has 2 aliphatic heterocycles. The molecule has 1 unspecified atom stereocenters. The van der Waals surface area contributed by atoms with Gasteiger partial charge in [0.2, 0.25) is 11.8 Å². The lowest BCUT2D eigenvalue weighted by atomic mass is 10.0. The van der Waals surface area contributed by atoms with Crippen molar-refractivity contribution in [2.24, 2.45) is 0 Å². The maximum Gasteiger partial charge on any atom is 0.410 e. The molecule has 1 saturated heterocycles. The Morgan fingerprint density at radius 2 is 1.74 bits per heavy atom. The normalized spacial score (nSPS) is 17.3. The Morgan fingerprint density at radius 3 is 2.39 bits per heavy atom. The fraction of sp³-hybridized carbons (Fsp3) is 0.393. The number of imide groups is 2. The first-order valence-electron chi connectivity index (χ1n) is 12.5. The van der Waals surface area contributed by atoms with Gasteiger partial charge >= 0.3 is 6.09 Å². The van der Waals surface area contributed by atoms with Crippen molar-refractivity contribution < 1.29 is 28.7 Å². The van der Waals surface area contributed by atoms with Crippen molar-refractivity contribution in [1.82, 2.24) is 15.1 Å². The summed E-state index contributed by atoms with van der Waals surface area (Å²) in [5.41, 5.74) is 2.44. The molecule has 0 aromatic heterocycles. The van der Waals surface area contributed by atoms with Crippen LogP contribution < -0.4 is 10.6 Å². The smallest absolute Gasteiger partial charge is 0.410 e. The summed E-state index contributed by atoms with van der Waals surface area (Å²) in [6, 6.07) is 11.8. The predicted octanol–water partition coefficient (Wildman–Crippen LogP) is 3.11. The predicted molar refractivity (Wildman–Crippen MR) is 139 cm³/mol. The van der Waals surface area contributed by atoms with Crippen LogP contribution in [0.4, 0.5) is 10.5 Å². The number of carbonyl (C=O) groups excluding carboxylic acids is 5. The lowest BCUT2D eigenvalue weighted by Crippen LogP contribution is -2.54. The Hall–Kier alpha value is -4.21. The number of benzene rings is 2. The zero-order valence-electron chi connectivity index (χ0n) is 22.0. The Balaban J connectivity index is 1.38. The summed E-state index contributed by atoms with van der Waals surface area (Å²) in [5.74, 6) is -2.13. The van der Waals surface area contributed by atoms with Crippen molar-refractivity contribution in [3.63, 3.8) is 0 Å². The largest absolute Gasteiger partial charge is 0.444 e. The van der Waals surface area contributed by atoms with Gasteiger partial charge in [-0.05, 0) is 56.9 Å². The highest BCUT2D eigenvalue weighted by atomic mass is 16.6. The van der Waals surface area contributed by atoms with Gasteiger partial charge < -0.3 is 15.0 Å². The molecule has 38 heavy (non-hydrogen) atoms. The lowest BCUT2D eigenvalue weighted by Gasteiger charge is -2.27. The van der Waals surface area contributed by atoms with Crippen LogP contribution in [0.5, 0.6) is 0 Å². The summed E-state index contributed by atoms with van der Waals surface area (Å²) in [6.07, 6.45) is 0.488. The van der Waals surface area contributed by atoms with Crippen molar-refractivity contribution in [3.8, 4) is 0 Å². The Morgan fingerprint density at radius 1 is 1.05 bits per heavy atom. The summed E-state index contributed by atoms with van der Waals surface area (Å²) in [6.45, 7) is 6.42. The highest BCUT2D eigenvalue weighted by Crippen LogP contribution is 2.32. The summed E-state index contributed by atoms with van der Waals surface area (Å²) in [4.78, 5) is 64.7. The second kappa shape index (κ2) is 10.6. The van der Waals surface area contributed by atoms with E-state index in [0.717, 1.165) is 16.0 Å². The van der Waals surface area contributed by atoms with Crippen LogP contribution in [0.1, 0.15) is 65.5 Å². The van der Waals surface area contributed by atoms with Gasteiger partial charge in [0, 0.05) is 32.2 Å². The third kappa shape index (κ3) is 5.85. The van der Waals surface area contributed by atoms with E-state index in [4.69, 9.17) is 4.74 Å². The molecule has 2 aromatic carbocycles. The van der Waals surface area contributed by atoms with E-state index in [1.165, 1.54) is 0 Å². The molecule has 0 bridgehead atoms. The number of likely N-dealkylation sites (N-methyl/N-ethyl adjacent to an activating group) is 1. The van der Waals surface area contributed by atoms with Crippen molar-refractivity contribution in [1.29, 1.82) is 0 Å². The third-order valence-corrected chi connectivity index (χ3v) is 6.42. The molecule has 1 fully saturated rings. The molecule has 0 radical (unpaired) electrons. The molecule has 2 N–H and O–H groups in total. The summed E-state index contributed by atoms with van der Waals surface area (Å²) in [5, 5.41) is 5.44. The molecule has 1 atom stereocenters. The molecule has 5 amide bonds. The van der Waals surface area contributed by atoms with Crippen LogP contribution in [0.25, 0.3) is 0 Å². The number of piperidine rings is 1.